The molecule has 0 N–H and O–H groups in total. The van der Waals surface area contributed by atoms with Crippen molar-refractivity contribution in [2.75, 3.05) is 20.1 Å². The zero-order chi connectivity index (χ0) is 18.1. The number of oxazole rings is 1. The molecule has 0 spiro atoms. The van der Waals surface area contributed by atoms with Gasteiger partial charge in [0.25, 0.3) is 0 Å². The number of nitrogens with zero attached hydrogens (tertiary/aromatic N) is 4. The molecule has 0 radical (unpaired) electrons. The maximum atomic E-state index is 14.0. The van der Waals surface area contributed by atoms with Gasteiger partial charge in [0.05, 0.1) is 17.2 Å². The monoisotopic (exact) mass is 374 g/mol. The van der Waals surface area contributed by atoms with Crippen LogP contribution in [0.4, 0.5) is 4.39 Å². The maximum absolute atomic E-state index is 14.0. The molecular weight excluding hydrogens is 351 g/mol. The summed E-state index contributed by atoms with van der Waals surface area (Å²) in [7, 11) is 2.03. The molecule has 1 aromatic carbocycles. The number of benzene rings is 1. The molecule has 0 unspecified atom stereocenters. The van der Waals surface area contributed by atoms with E-state index in [9.17, 15) is 4.39 Å². The van der Waals surface area contributed by atoms with Gasteiger partial charge in [-0.2, -0.15) is 0 Å². The number of hydrogen-bond donors (Lipinski definition) is 0. The molecule has 26 heavy (non-hydrogen) atoms. The van der Waals surface area contributed by atoms with Gasteiger partial charge in [0.15, 0.2) is 5.58 Å². The number of likely N-dealkylation sites (N-methyl/N-ethyl adjacent to an activating group) is 1. The molecule has 1 aliphatic heterocycles. The van der Waals surface area contributed by atoms with Crippen molar-refractivity contribution < 1.29 is 8.81 Å². The number of alkyl halides is 1. The topological polar surface area (TPSA) is 45.4 Å². The molecule has 3 aromatic rings. The van der Waals surface area contributed by atoms with E-state index in [2.05, 4.69) is 25.1 Å². The Labute approximate surface area is 156 Å². The van der Waals surface area contributed by atoms with E-state index >= 15 is 0 Å². The first-order valence-corrected chi connectivity index (χ1v) is 9.77. The predicted octanol–water partition coefficient (Wildman–Crippen LogP) is 3.64. The summed E-state index contributed by atoms with van der Waals surface area (Å²) in [6, 6.07) is 7.95. The van der Waals surface area contributed by atoms with E-state index in [0.29, 0.717) is 31.9 Å². The third-order valence-corrected chi connectivity index (χ3v) is 5.60. The summed E-state index contributed by atoms with van der Waals surface area (Å²) < 4.78 is 19.8. The molecule has 0 aliphatic carbocycles. The number of fused-ring (bicyclic) bond motifs is 1. The summed E-state index contributed by atoms with van der Waals surface area (Å²) >= 11 is 1.64. The number of aryl methyl sites for hydroxylation is 1. The Bertz CT molecular complexity index is 846. The number of rotatable bonds is 6. The maximum Gasteiger partial charge on any atom is 0.209 e. The van der Waals surface area contributed by atoms with Crippen molar-refractivity contribution >= 4 is 22.4 Å². The van der Waals surface area contributed by atoms with Crippen molar-refractivity contribution in [1.82, 2.24) is 19.8 Å². The lowest BCUT2D eigenvalue weighted by Gasteiger charge is -2.27. The standard InChI is InChI=1S/C19H23FN4OS/c1-13-21-15(12-26-13)9-24-8-14(20)7-16(24)10-23(2)11-19-22-17-5-3-4-6-18(17)25-19/h3-6,12,14,16H,7-11H2,1-2H3/t14-,16-/m0/s1. The van der Waals surface area contributed by atoms with E-state index in [1.807, 2.05) is 38.2 Å². The molecule has 5 nitrogen and oxygen atoms in total. The van der Waals surface area contributed by atoms with Gasteiger partial charge in [-0.05, 0) is 32.5 Å². The molecule has 138 valence electrons. The normalized spacial score (nSPS) is 21.2. The highest BCUT2D eigenvalue weighted by atomic mass is 32.1. The Balaban J connectivity index is 1.39. The number of aromatic nitrogens is 2. The molecule has 7 heteroatoms. The van der Waals surface area contributed by atoms with E-state index in [0.717, 1.165) is 28.3 Å². The van der Waals surface area contributed by atoms with Crippen LogP contribution in [-0.2, 0) is 13.1 Å². The number of likely N-dealkylation sites (tertiary alicyclic amines) is 1. The van der Waals surface area contributed by atoms with Crippen LogP contribution in [0, 0.1) is 6.92 Å². The molecular formula is C19H23FN4OS. The van der Waals surface area contributed by atoms with Crippen LogP contribution in [0.1, 0.15) is 23.0 Å². The van der Waals surface area contributed by atoms with Crippen LogP contribution >= 0.6 is 11.3 Å². The summed E-state index contributed by atoms with van der Waals surface area (Å²) in [4.78, 5) is 13.4. The Morgan fingerprint density at radius 1 is 1.35 bits per heavy atom. The first-order valence-electron chi connectivity index (χ1n) is 8.89. The van der Waals surface area contributed by atoms with Crippen molar-refractivity contribution in [3.05, 3.63) is 46.2 Å². The lowest BCUT2D eigenvalue weighted by molar-refractivity contribution is 0.173. The molecule has 2 atom stereocenters. The number of para-hydroxylation sites is 2. The molecule has 1 aliphatic rings. The van der Waals surface area contributed by atoms with E-state index in [1.165, 1.54) is 0 Å². The fraction of sp³-hybridized carbons (Fsp3) is 0.474. The number of thiazole rings is 1. The first-order chi connectivity index (χ1) is 12.6. The van der Waals surface area contributed by atoms with Crippen LogP contribution in [0.5, 0.6) is 0 Å². The highest BCUT2D eigenvalue weighted by Crippen LogP contribution is 2.24. The van der Waals surface area contributed by atoms with E-state index < -0.39 is 6.17 Å². The van der Waals surface area contributed by atoms with Crippen molar-refractivity contribution in [3.63, 3.8) is 0 Å². The highest BCUT2D eigenvalue weighted by Gasteiger charge is 2.33. The summed E-state index contributed by atoms with van der Waals surface area (Å²) in [6.45, 7) is 4.60. The fourth-order valence-electron chi connectivity index (χ4n) is 3.64. The summed E-state index contributed by atoms with van der Waals surface area (Å²) in [6.07, 6.45) is -0.196. The van der Waals surface area contributed by atoms with Crippen LogP contribution in [0.25, 0.3) is 11.1 Å². The van der Waals surface area contributed by atoms with Gasteiger partial charge in [-0.25, -0.2) is 14.4 Å². The minimum Gasteiger partial charge on any atom is -0.439 e. The van der Waals surface area contributed by atoms with Gasteiger partial charge in [0.2, 0.25) is 5.89 Å². The molecule has 0 amide bonds. The zero-order valence-corrected chi connectivity index (χ0v) is 15.9. The van der Waals surface area contributed by atoms with Crippen LogP contribution in [0.2, 0.25) is 0 Å². The van der Waals surface area contributed by atoms with E-state index in [4.69, 9.17) is 4.42 Å². The van der Waals surface area contributed by atoms with Crippen LogP contribution < -0.4 is 0 Å². The van der Waals surface area contributed by atoms with E-state index in [1.54, 1.807) is 11.3 Å². The number of halogens is 1. The van der Waals surface area contributed by atoms with Gasteiger partial charge in [0, 0.05) is 31.1 Å². The Morgan fingerprint density at radius 2 is 2.19 bits per heavy atom. The molecule has 1 fully saturated rings. The second-order valence-corrected chi connectivity index (χ2v) is 8.11. The van der Waals surface area contributed by atoms with Gasteiger partial charge >= 0.3 is 0 Å². The Kier molecular flexibility index (Phi) is 5.02. The highest BCUT2D eigenvalue weighted by molar-refractivity contribution is 7.09. The third kappa shape index (κ3) is 3.95. The Hall–Kier alpha value is -1.83. The minimum atomic E-state index is -0.766. The van der Waals surface area contributed by atoms with Crippen LogP contribution in [0.3, 0.4) is 0 Å². The van der Waals surface area contributed by atoms with Crippen molar-refractivity contribution in [2.45, 2.75) is 38.6 Å². The summed E-state index contributed by atoms with van der Waals surface area (Å²) in [5, 5.41) is 3.13. The molecule has 3 heterocycles. The predicted molar refractivity (Wildman–Crippen MR) is 101 cm³/mol. The molecule has 2 aromatic heterocycles. The average Bonchev–Trinajstić information content (AvgIpc) is 3.27. The second kappa shape index (κ2) is 7.42. The quantitative estimate of drug-likeness (QED) is 0.659. The van der Waals surface area contributed by atoms with Crippen LogP contribution in [0.15, 0.2) is 34.1 Å². The lowest BCUT2D eigenvalue weighted by atomic mass is 10.2. The third-order valence-electron chi connectivity index (χ3n) is 4.77. The number of hydrogen-bond acceptors (Lipinski definition) is 6. The van der Waals surface area contributed by atoms with E-state index in [-0.39, 0.29) is 6.04 Å². The SMILES string of the molecule is Cc1nc(CN2C[C@@H](F)C[C@H]2CN(C)Cc2nc3ccccc3o2)cs1. The van der Waals surface area contributed by atoms with Gasteiger partial charge in [-0.1, -0.05) is 12.1 Å². The van der Waals surface area contributed by atoms with Gasteiger partial charge in [-0.3, -0.25) is 9.80 Å². The lowest BCUT2D eigenvalue weighted by Crippen LogP contribution is -2.38. The second-order valence-electron chi connectivity index (χ2n) is 7.05. The van der Waals surface area contributed by atoms with Gasteiger partial charge in [0.1, 0.15) is 11.7 Å². The first kappa shape index (κ1) is 17.6. The largest absolute Gasteiger partial charge is 0.439 e. The van der Waals surface area contributed by atoms with Crippen LogP contribution in [-0.4, -0.2) is 52.1 Å². The minimum absolute atomic E-state index is 0.182. The van der Waals surface area contributed by atoms with Crippen molar-refractivity contribution in [1.29, 1.82) is 0 Å². The van der Waals surface area contributed by atoms with Crippen molar-refractivity contribution in [3.8, 4) is 0 Å². The molecule has 0 saturated carbocycles. The average molecular weight is 374 g/mol. The van der Waals surface area contributed by atoms with Gasteiger partial charge < -0.3 is 4.42 Å². The Morgan fingerprint density at radius 3 is 2.96 bits per heavy atom. The van der Waals surface area contributed by atoms with Gasteiger partial charge in [-0.15, -0.1) is 11.3 Å². The molecule has 4 rings (SSSR count). The fourth-order valence-corrected chi connectivity index (χ4v) is 4.24. The summed E-state index contributed by atoms with van der Waals surface area (Å²) in [5.74, 6) is 0.699. The summed E-state index contributed by atoms with van der Waals surface area (Å²) in [5.41, 5.74) is 2.72. The molecule has 1 saturated heterocycles. The smallest absolute Gasteiger partial charge is 0.209 e. The van der Waals surface area contributed by atoms with Crippen molar-refractivity contribution in [2.24, 2.45) is 0 Å². The zero-order valence-electron chi connectivity index (χ0n) is 15.1. The molecule has 0 bridgehead atoms.